The fourth-order valence-corrected chi connectivity index (χ4v) is 3.63. The standard InChI is InChI=1S/C19H35NO3/c1-7-18(8-2)13-16(14-19(9-3,10-4)20-18)22-11-12-23-17(21)15(5)6/h16,20H,5,7-14H2,1-4,6H3. The highest BCUT2D eigenvalue weighted by atomic mass is 16.6. The molecule has 0 radical (unpaired) electrons. The van der Waals surface area contributed by atoms with E-state index in [0.29, 0.717) is 18.8 Å². The first-order valence-corrected chi connectivity index (χ1v) is 9.09. The first-order chi connectivity index (χ1) is 10.9. The molecule has 4 heteroatoms. The third-order valence-electron chi connectivity index (χ3n) is 5.49. The Labute approximate surface area is 142 Å². The molecule has 1 rings (SSSR count). The number of hydrogen-bond acceptors (Lipinski definition) is 4. The van der Waals surface area contributed by atoms with Crippen molar-refractivity contribution in [3.8, 4) is 0 Å². The van der Waals surface area contributed by atoms with Crippen molar-refractivity contribution in [2.75, 3.05) is 13.2 Å². The maximum atomic E-state index is 11.4. The van der Waals surface area contributed by atoms with Crippen molar-refractivity contribution >= 4 is 5.97 Å². The lowest BCUT2D eigenvalue weighted by molar-refractivity contribution is -0.142. The molecule has 0 aromatic carbocycles. The molecule has 1 aliphatic rings. The van der Waals surface area contributed by atoms with E-state index in [2.05, 4.69) is 39.6 Å². The predicted octanol–water partition coefficient (Wildman–Crippen LogP) is 3.99. The second-order valence-electron chi connectivity index (χ2n) is 6.92. The summed E-state index contributed by atoms with van der Waals surface area (Å²) in [6, 6.07) is 0. The summed E-state index contributed by atoms with van der Waals surface area (Å²) in [7, 11) is 0. The molecule has 0 aromatic heterocycles. The van der Waals surface area contributed by atoms with Gasteiger partial charge in [-0.2, -0.15) is 0 Å². The van der Waals surface area contributed by atoms with Crippen molar-refractivity contribution in [3.63, 3.8) is 0 Å². The topological polar surface area (TPSA) is 47.6 Å². The van der Waals surface area contributed by atoms with E-state index >= 15 is 0 Å². The number of carbonyl (C=O) groups is 1. The molecule has 1 fully saturated rings. The van der Waals surface area contributed by atoms with Gasteiger partial charge in [0.25, 0.3) is 0 Å². The van der Waals surface area contributed by atoms with Crippen LogP contribution in [0.25, 0.3) is 0 Å². The van der Waals surface area contributed by atoms with Crippen LogP contribution in [0.3, 0.4) is 0 Å². The van der Waals surface area contributed by atoms with Crippen molar-refractivity contribution in [1.82, 2.24) is 5.32 Å². The van der Waals surface area contributed by atoms with Crippen LogP contribution in [0.2, 0.25) is 0 Å². The molecular formula is C19H35NO3. The van der Waals surface area contributed by atoms with Crippen molar-refractivity contribution in [3.05, 3.63) is 12.2 Å². The van der Waals surface area contributed by atoms with Crippen LogP contribution >= 0.6 is 0 Å². The summed E-state index contributed by atoms with van der Waals surface area (Å²) in [5.74, 6) is -0.341. The molecule has 0 atom stereocenters. The Bertz CT molecular complexity index is 377. The Kier molecular flexibility index (Phi) is 7.75. The monoisotopic (exact) mass is 325 g/mol. The van der Waals surface area contributed by atoms with E-state index in [1.165, 1.54) is 0 Å². The highest BCUT2D eigenvalue weighted by molar-refractivity contribution is 5.86. The zero-order valence-electron chi connectivity index (χ0n) is 15.7. The molecule has 1 N–H and O–H groups in total. The number of esters is 1. The lowest BCUT2D eigenvalue weighted by Gasteiger charge is -2.52. The van der Waals surface area contributed by atoms with Gasteiger partial charge >= 0.3 is 5.97 Å². The third kappa shape index (κ3) is 5.32. The lowest BCUT2D eigenvalue weighted by Crippen LogP contribution is -2.64. The fraction of sp³-hybridized carbons (Fsp3) is 0.842. The minimum atomic E-state index is -0.341. The maximum absolute atomic E-state index is 11.4. The molecular weight excluding hydrogens is 290 g/mol. The molecule has 0 aliphatic carbocycles. The molecule has 1 heterocycles. The van der Waals surface area contributed by atoms with Gasteiger partial charge in [0.1, 0.15) is 6.61 Å². The van der Waals surface area contributed by atoms with Crippen molar-refractivity contribution in [1.29, 1.82) is 0 Å². The van der Waals surface area contributed by atoms with Gasteiger partial charge in [-0.05, 0) is 45.4 Å². The summed E-state index contributed by atoms with van der Waals surface area (Å²) in [5, 5.41) is 3.96. The quantitative estimate of drug-likeness (QED) is 0.395. The van der Waals surface area contributed by atoms with Crippen molar-refractivity contribution < 1.29 is 14.3 Å². The van der Waals surface area contributed by atoms with Crippen LogP contribution in [-0.2, 0) is 14.3 Å². The van der Waals surface area contributed by atoms with E-state index in [9.17, 15) is 4.79 Å². The first kappa shape index (κ1) is 20.2. The number of hydrogen-bond donors (Lipinski definition) is 1. The zero-order valence-corrected chi connectivity index (χ0v) is 15.7. The molecule has 0 bridgehead atoms. The summed E-state index contributed by atoms with van der Waals surface area (Å²) in [6.07, 6.45) is 6.70. The van der Waals surface area contributed by atoms with Crippen LogP contribution in [-0.4, -0.2) is 36.4 Å². The van der Waals surface area contributed by atoms with Gasteiger partial charge in [0.2, 0.25) is 0 Å². The zero-order chi connectivity index (χ0) is 17.5. The Morgan fingerprint density at radius 1 is 1.04 bits per heavy atom. The van der Waals surface area contributed by atoms with E-state index in [1.54, 1.807) is 6.92 Å². The molecule has 0 saturated carbocycles. The Hall–Kier alpha value is -0.870. The molecule has 4 nitrogen and oxygen atoms in total. The largest absolute Gasteiger partial charge is 0.460 e. The second kappa shape index (κ2) is 8.84. The average molecular weight is 325 g/mol. The first-order valence-electron chi connectivity index (χ1n) is 9.09. The highest BCUT2D eigenvalue weighted by Gasteiger charge is 2.44. The van der Waals surface area contributed by atoms with Gasteiger partial charge in [-0.1, -0.05) is 34.3 Å². The minimum absolute atomic E-state index is 0.156. The van der Waals surface area contributed by atoms with Gasteiger partial charge in [0, 0.05) is 16.7 Å². The maximum Gasteiger partial charge on any atom is 0.333 e. The predicted molar refractivity (Wildman–Crippen MR) is 94.5 cm³/mol. The van der Waals surface area contributed by atoms with Crippen LogP contribution in [0.1, 0.15) is 73.1 Å². The smallest absolute Gasteiger partial charge is 0.333 e. The fourth-order valence-electron chi connectivity index (χ4n) is 3.63. The molecule has 23 heavy (non-hydrogen) atoms. The number of piperidine rings is 1. The second-order valence-corrected chi connectivity index (χ2v) is 6.92. The van der Waals surface area contributed by atoms with Gasteiger partial charge < -0.3 is 14.8 Å². The molecule has 0 amide bonds. The van der Waals surface area contributed by atoms with Crippen molar-refractivity contribution in [2.24, 2.45) is 0 Å². The van der Waals surface area contributed by atoms with E-state index < -0.39 is 0 Å². The Morgan fingerprint density at radius 2 is 1.52 bits per heavy atom. The number of ether oxygens (including phenoxy) is 2. The molecule has 0 spiro atoms. The third-order valence-corrected chi connectivity index (χ3v) is 5.49. The summed E-state index contributed by atoms with van der Waals surface area (Å²) in [5.41, 5.74) is 0.742. The summed E-state index contributed by atoms with van der Waals surface area (Å²) in [6.45, 7) is 15.0. The van der Waals surface area contributed by atoms with Gasteiger partial charge in [0.15, 0.2) is 0 Å². The highest BCUT2D eigenvalue weighted by Crippen LogP contribution is 2.38. The molecule has 1 aliphatic heterocycles. The van der Waals surface area contributed by atoms with Crippen LogP contribution in [0.4, 0.5) is 0 Å². The molecule has 134 valence electrons. The molecule has 0 unspecified atom stereocenters. The van der Waals surface area contributed by atoms with Crippen LogP contribution in [0, 0.1) is 0 Å². The van der Waals surface area contributed by atoms with Gasteiger partial charge in [-0.15, -0.1) is 0 Å². The van der Waals surface area contributed by atoms with E-state index in [0.717, 1.165) is 38.5 Å². The summed E-state index contributed by atoms with van der Waals surface area (Å²) < 4.78 is 11.2. The summed E-state index contributed by atoms with van der Waals surface area (Å²) >= 11 is 0. The van der Waals surface area contributed by atoms with Gasteiger partial charge in [-0.3, -0.25) is 0 Å². The number of carbonyl (C=O) groups excluding carboxylic acids is 1. The van der Waals surface area contributed by atoms with Crippen LogP contribution in [0.5, 0.6) is 0 Å². The SMILES string of the molecule is C=C(C)C(=O)OCCOC1CC(CC)(CC)NC(CC)(CC)C1. The normalized spacial score (nSPS) is 20.2. The van der Waals surface area contributed by atoms with Crippen LogP contribution < -0.4 is 5.32 Å². The Balaban J connectivity index is 2.62. The average Bonchev–Trinajstić information content (AvgIpc) is 2.57. The summed E-state index contributed by atoms with van der Waals surface area (Å²) in [4.78, 5) is 11.4. The van der Waals surface area contributed by atoms with Crippen LogP contribution in [0.15, 0.2) is 12.2 Å². The number of rotatable bonds is 9. The van der Waals surface area contributed by atoms with E-state index in [1.807, 2.05) is 0 Å². The number of nitrogens with one attached hydrogen (secondary N) is 1. The van der Waals surface area contributed by atoms with E-state index in [4.69, 9.17) is 9.47 Å². The lowest BCUT2D eigenvalue weighted by atomic mass is 9.72. The van der Waals surface area contributed by atoms with Gasteiger partial charge in [0.05, 0.1) is 12.7 Å². The van der Waals surface area contributed by atoms with Crippen molar-refractivity contribution in [2.45, 2.75) is 90.3 Å². The Morgan fingerprint density at radius 3 is 1.91 bits per heavy atom. The van der Waals surface area contributed by atoms with Gasteiger partial charge in [-0.25, -0.2) is 4.79 Å². The molecule has 0 aromatic rings. The minimum Gasteiger partial charge on any atom is -0.460 e. The van der Waals surface area contributed by atoms with E-state index in [-0.39, 0.29) is 23.2 Å². The molecule has 1 saturated heterocycles.